The average Bonchev–Trinajstić information content (AvgIpc) is 2.28. The molecule has 104 valence electrons. The monoisotopic (exact) mass is 260 g/mol. The van der Waals surface area contributed by atoms with E-state index in [0.717, 1.165) is 0 Å². The van der Waals surface area contributed by atoms with E-state index in [2.05, 4.69) is 0 Å². The highest BCUT2D eigenvalue weighted by Gasteiger charge is 2.30. The third kappa shape index (κ3) is 6.88. The van der Waals surface area contributed by atoms with Gasteiger partial charge in [-0.2, -0.15) is 0 Å². The summed E-state index contributed by atoms with van der Waals surface area (Å²) in [6.07, 6.45) is 1.35. The van der Waals surface area contributed by atoms with Crippen LogP contribution in [0.2, 0.25) is 0 Å². The molecule has 0 aromatic rings. The highest BCUT2D eigenvalue weighted by molar-refractivity contribution is 5.68. The Morgan fingerprint density at radius 1 is 0.778 bits per heavy atom. The van der Waals surface area contributed by atoms with E-state index < -0.39 is 23.3 Å². The van der Waals surface area contributed by atoms with Crippen molar-refractivity contribution in [3.05, 3.63) is 0 Å². The third-order valence-electron chi connectivity index (χ3n) is 3.36. The summed E-state index contributed by atoms with van der Waals surface area (Å²) in [6.45, 7) is 1.84. The summed E-state index contributed by atoms with van der Waals surface area (Å²) in [5.41, 5.74) is -0.505. The van der Waals surface area contributed by atoms with Crippen LogP contribution in [0, 0.1) is 5.41 Å². The molecule has 0 fully saturated rings. The molecular weight excluding hydrogens is 240 g/mol. The zero-order valence-electron chi connectivity index (χ0n) is 10.5. The van der Waals surface area contributed by atoms with E-state index in [1.165, 1.54) is 0 Å². The van der Waals surface area contributed by atoms with E-state index in [1.54, 1.807) is 0 Å². The van der Waals surface area contributed by atoms with Crippen molar-refractivity contribution in [2.75, 3.05) is 0 Å². The normalized spacial score (nSPS) is 11.2. The fourth-order valence-electron chi connectivity index (χ4n) is 2.02. The number of carbonyl (C=O) groups is 3. The molecule has 0 atom stereocenters. The maximum absolute atomic E-state index is 10.6. The van der Waals surface area contributed by atoms with Gasteiger partial charge in [0.2, 0.25) is 0 Å². The number of hydrogen-bond donors (Lipinski definition) is 3. The van der Waals surface area contributed by atoms with Crippen LogP contribution in [0.1, 0.15) is 51.9 Å². The minimum atomic E-state index is -0.946. The van der Waals surface area contributed by atoms with Crippen LogP contribution >= 0.6 is 0 Å². The second kappa shape index (κ2) is 7.68. The Morgan fingerprint density at radius 3 is 1.22 bits per heavy atom. The van der Waals surface area contributed by atoms with Crippen molar-refractivity contribution in [2.45, 2.75) is 51.9 Å². The molecule has 0 aliphatic carbocycles. The molecule has 0 aliphatic rings. The van der Waals surface area contributed by atoms with Crippen LogP contribution in [-0.4, -0.2) is 33.2 Å². The third-order valence-corrected chi connectivity index (χ3v) is 3.36. The lowest BCUT2D eigenvalue weighted by Crippen LogP contribution is -2.24. The molecule has 3 N–H and O–H groups in total. The Morgan fingerprint density at radius 2 is 1.06 bits per heavy atom. The van der Waals surface area contributed by atoms with Gasteiger partial charge in [0.15, 0.2) is 0 Å². The summed E-state index contributed by atoms with van der Waals surface area (Å²) in [5, 5.41) is 26.1. The minimum absolute atomic E-state index is 0.0624. The van der Waals surface area contributed by atoms with Crippen molar-refractivity contribution in [3.8, 4) is 0 Å². The molecule has 18 heavy (non-hydrogen) atoms. The molecule has 0 rings (SSSR count). The van der Waals surface area contributed by atoms with Crippen molar-refractivity contribution < 1.29 is 29.7 Å². The van der Waals surface area contributed by atoms with Gasteiger partial charge in [0.05, 0.1) is 0 Å². The molecule has 0 aromatic carbocycles. The van der Waals surface area contributed by atoms with E-state index in [0.29, 0.717) is 25.7 Å². The van der Waals surface area contributed by atoms with Crippen LogP contribution < -0.4 is 0 Å². The topological polar surface area (TPSA) is 112 Å². The smallest absolute Gasteiger partial charge is 0.303 e. The Bertz CT molecular complexity index is 264. The van der Waals surface area contributed by atoms with Crippen LogP contribution in [0.3, 0.4) is 0 Å². The molecule has 0 saturated carbocycles. The predicted octanol–water partition coefficient (Wildman–Crippen LogP) is 1.98. The van der Waals surface area contributed by atoms with Gasteiger partial charge < -0.3 is 15.3 Å². The lowest BCUT2D eigenvalue weighted by atomic mass is 9.73. The fraction of sp³-hybridized carbons (Fsp3) is 0.750. The van der Waals surface area contributed by atoms with E-state index in [9.17, 15) is 14.4 Å². The second-order valence-corrected chi connectivity index (χ2v) is 4.53. The van der Waals surface area contributed by atoms with Crippen molar-refractivity contribution >= 4 is 17.9 Å². The van der Waals surface area contributed by atoms with E-state index in [1.807, 2.05) is 6.92 Å². The molecule has 0 radical (unpaired) electrons. The van der Waals surface area contributed by atoms with Crippen molar-refractivity contribution in [1.82, 2.24) is 0 Å². The quantitative estimate of drug-likeness (QED) is 0.553. The van der Waals surface area contributed by atoms with E-state index in [-0.39, 0.29) is 19.3 Å². The second-order valence-electron chi connectivity index (χ2n) is 4.53. The molecule has 0 unspecified atom stereocenters. The molecule has 0 bridgehead atoms. The highest BCUT2D eigenvalue weighted by Crippen LogP contribution is 2.38. The van der Waals surface area contributed by atoms with Gasteiger partial charge in [-0.1, -0.05) is 13.3 Å². The van der Waals surface area contributed by atoms with Crippen LogP contribution in [-0.2, 0) is 14.4 Å². The zero-order valence-corrected chi connectivity index (χ0v) is 10.5. The molecule has 0 aliphatic heterocycles. The van der Waals surface area contributed by atoms with Gasteiger partial charge in [-0.15, -0.1) is 0 Å². The Labute approximate surface area is 106 Å². The first-order chi connectivity index (χ1) is 8.31. The molecule has 6 heteroatoms. The predicted molar refractivity (Wildman–Crippen MR) is 63.3 cm³/mol. The van der Waals surface area contributed by atoms with Gasteiger partial charge in [-0.25, -0.2) is 0 Å². The maximum atomic E-state index is 10.6. The summed E-state index contributed by atoms with van der Waals surface area (Å²) in [4.78, 5) is 31.8. The van der Waals surface area contributed by atoms with Gasteiger partial charge in [0.1, 0.15) is 0 Å². The Hall–Kier alpha value is -1.59. The first kappa shape index (κ1) is 16.4. The van der Waals surface area contributed by atoms with Gasteiger partial charge >= 0.3 is 17.9 Å². The standard InChI is InChI=1S/C12H20O6/c1-2-12(6-3-9(13)14,7-4-10(15)16)8-5-11(17)18/h2-8H2,1H3,(H,13,14)(H,15,16)(H,17,18). The van der Waals surface area contributed by atoms with Gasteiger partial charge in [0, 0.05) is 19.3 Å². The Kier molecular flexibility index (Phi) is 7.00. The molecule has 6 nitrogen and oxygen atoms in total. The number of aliphatic carboxylic acids is 3. The minimum Gasteiger partial charge on any atom is -0.481 e. The summed E-state index contributed by atoms with van der Waals surface area (Å²) in [5.74, 6) is -2.84. The first-order valence-corrected chi connectivity index (χ1v) is 5.97. The van der Waals surface area contributed by atoms with Crippen LogP contribution in [0.25, 0.3) is 0 Å². The molecule has 0 heterocycles. The highest BCUT2D eigenvalue weighted by atomic mass is 16.4. The van der Waals surface area contributed by atoms with Gasteiger partial charge in [-0.3, -0.25) is 14.4 Å². The SMILES string of the molecule is CCC(CCC(=O)O)(CCC(=O)O)CCC(=O)O. The number of carboxylic acid groups (broad SMARTS) is 3. The number of hydrogen-bond acceptors (Lipinski definition) is 3. The van der Waals surface area contributed by atoms with Crippen molar-refractivity contribution in [1.29, 1.82) is 0 Å². The molecule has 0 amide bonds. The van der Waals surface area contributed by atoms with Crippen LogP contribution in [0.15, 0.2) is 0 Å². The molecule has 0 saturated heterocycles. The molecule has 0 aromatic heterocycles. The lowest BCUT2D eigenvalue weighted by molar-refractivity contribution is -0.138. The van der Waals surface area contributed by atoms with Gasteiger partial charge in [-0.05, 0) is 24.7 Å². The van der Waals surface area contributed by atoms with Crippen molar-refractivity contribution in [2.24, 2.45) is 5.41 Å². The number of rotatable bonds is 10. The first-order valence-electron chi connectivity index (χ1n) is 5.97. The molecule has 0 spiro atoms. The van der Waals surface area contributed by atoms with Crippen LogP contribution in [0.4, 0.5) is 0 Å². The summed E-state index contributed by atoms with van der Waals surface area (Å²) in [7, 11) is 0. The van der Waals surface area contributed by atoms with E-state index >= 15 is 0 Å². The largest absolute Gasteiger partial charge is 0.481 e. The van der Waals surface area contributed by atoms with Gasteiger partial charge in [0.25, 0.3) is 0 Å². The van der Waals surface area contributed by atoms with E-state index in [4.69, 9.17) is 15.3 Å². The Balaban J connectivity index is 4.63. The zero-order chi connectivity index (χ0) is 14.2. The van der Waals surface area contributed by atoms with Crippen molar-refractivity contribution in [3.63, 3.8) is 0 Å². The summed E-state index contributed by atoms with van der Waals surface area (Å²) in [6, 6.07) is 0. The fourth-order valence-corrected chi connectivity index (χ4v) is 2.02. The maximum Gasteiger partial charge on any atom is 0.303 e. The molecular formula is C12H20O6. The summed E-state index contributed by atoms with van der Waals surface area (Å²) >= 11 is 0. The average molecular weight is 260 g/mol. The van der Waals surface area contributed by atoms with Crippen LogP contribution in [0.5, 0.6) is 0 Å². The number of carboxylic acids is 3. The summed E-state index contributed by atoms with van der Waals surface area (Å²) < 4.78 is 0. The lowest BCUT2D eigenvalue weighted by Gasteiger charge is -2.31.